The molecular weight excluding hydrogens is 272 g/mol. The van der Waals surface area contributed by atoms with Gasteiger partial charge in [-0.3, -0.25) is 4.79 Å². The van der Waals surface area contributed by atoms with Gasteiger partial charge in [-0.15, -0.1) is 22.9 Å². The molecule has 0 aliphatic carbocycles. The highest BCUT2D eigenvalue weighted by Gasteiger charge is 2.30. The van der Waals surface area contributed by atoms with Crippen LogP contribution in [0.5, 0.6) is 0 Å². The van der Waals surface area contributed by atoms with Crippen molar-refractivity contribution in [3.05, 3.63) is 15.6 Å². The lowest BCUT2D eigenvalue weighted by Gasteiger charge is -2.35. The van der Waals surface area contributed by atoms with E-state index in [1.807, 2.05) is 25.7 Å². The van der Waals surface area contributed by atoms with Gasteiger partial charge in [-0.05, 0) is 20.8 Å². The summed E-state index contributed by atoms with van der Waals surface area (Å²) in [5, 5.41) is 0.922. The summed E-state index contributed by atoms with van der Waals surface area (Å²) in [5.74, 6) is 0.456. The molecule has 2 rings (SSSR count). The average Bonchev–Trinajstić information content (AvgIpc) is 2.66. The van der Waals surface area contributed by atoms with Crippen LogP contribution in [0, 0.1) is 13.8 Å². The molecule has 2 unspecified atom stereocenters. The number of morpholine rings is 1. The summed E-state index contributed by atoms with van der Waals surface area (Å²) in [6.45, 7) is 6.92. The van der Waals surface area contributed by atoms with Crippen molar-refractivity contribution in [1.82, 2.24) is 9.88 Å². The molecule has 100 valence electrons. The largest absolute Gasteiger partial charge is 0.370 e. The minimum atomic E-state index is -0.0753. The van der Waals surface area contributed by atoms with Crippen LogP contribution >= 0.6 is 22.9 Å². The summed E-state index contributed by atoms with van der Waals surface area (Å²) in [6, 6.07) is 0. The molecule has 1 aromatic heterocycles. The maximum absolute atomic E-state index is 12.4. The van der Waals surface area contributed by atoms with Gasteiger partial charge in [0, 0.05) is 13.1 Å². The molecule has 1 fully saturated rings. The average molecular weight is 289 g/mol. The molecule has 0 saturated carbocycles. The van der Waals surface area contributed by atoms with Crippen LogP contribution in [0.2, 0.25) is 0 Å². The molecule has 0 N–H and O–H groups in total. The Morgan fingerprint density at radius 1 is 1.56 bits per heavy atom. The predicted octanol–water partition coefficient (Wildman–Crippen LogP) is 2.23. The second kappa shape index (κ2) is 5.55. The third-order valence-corrected chi connectivity index (χ3v) is 4.29. The first-order valence-corrected chi connectivity index (χ1v) is 7.31. The molecule has 0 aromatic carbocycles. The van der Waals surface area contributed by atoms with Crippen molar-refractivity contribution >= 4 is 28.8 Å². The van der Waals surface area contributed by atoms with Crippen molar-refractivity contribution in [3.8, 4) is 0 Å². The van der Waals surface area contributed by atoms with Gasteiger partial charge in [-0.25, -0.2) is 4.98 Å². The topological polar surface area (TPSA) is 42.4 Å². The lowest BCUT2D eigenvalue weighted by Crippen LogP contribution is -2.49. The van der Waals surface area contributed by atoms with Gasteiger partial charge in [0.25, 0.3) is 5.91 Å². The van der Waals surface area contributed by atoms with Crippen LogP contribution in [0.1, 0.15) is 27.3 Å². The smallest absolute Gasteiger partial charge is 0.266 e. The first-order valence-electron chi connectivity index (χ1n) is 5.96. The molecule has 18 heavy (non-hydrogen) atoms. The number of ether oxygens (including phenoxy) is 1. The van der Waals surface area contributed by atoms with Gasteiger partial charge in [0.15, 0.2) is 0 Å². The van der Waals surface area contributed by atoms with Gasteiger partial charge < -0.3 is 9.64 Å². The van der Waals surface area contributed by atoms with E-state index in [1.165, 1.54) is 11.3 Å². The van der Waals surface area contributed by atoms with Crippen molar-refractivity contribution in [2.75, 3.05) is 19.0 Å². The third kappa shape index (κ3) is 2.84. The number of halogens is 1. The fourth-order valence-electron chi connectivity index (χ4n) is 2.17. The third-order valence-electron chi connectivity index (χ3n) is 2.88. The van der Waals surface area contributed by atoms with E-state index in [-0.39, 0.29) is 18.1 Å². The first kappa shape index (κ1) is 13.8. The summed E-state index contributed by atoms with van der Waals surface area (Å²) in [5.41, 5.74) is 0.809. The standard InChI is InChI=1S/C12H17ClN2O2S/c1-7-5-15(6-10(4-13)17-7)12(16)11-8(2)14-9(3)18-11/h7,10H,4-6H2,1-3H3. The van der Waals surface area contributed by atoms with Crippen LogP contribution in [-0.4, -0.2) is 47.0 Å². The van der Waals surface area contributed by atoms with Crippen molar-refractivity contribution < 1.29 is 9.53 Å². The number of carbonyl (C=O) groups excluding carboxylic acids is 1. The van der Waals surface area contributed by atoms with Crippen LogP contribution in [-0.2, 0) is 4.74 Å². The van der Waals surface area contributed by atoms with Crippen molar-refractivity contribution in [3.63, 3.8) is 0 Å². The van der Waals surface area contributed by atoms with Crippen LogP contribution in [0.4, 0.5) is 0 Å². The van der Waals surface area contributed by atoms with E-state index in [2.05, 4.69) is 4.98 Å². The summed E-state index contributed by atoms with van der Waals surface area (Å²) < 4.78 is 5.65. The highest BCUT2D eigenvalue weighted by molar-refractivity contribution is 7.13. The Kier molecular flexibility index (Phi) is 4.25. The van der Waals surface area contributed by atoms with E-state index in [0.29, 0.717) is 19.0 Å². The Morgan fingerprint density at radius 2 is 2.28 bits per heavy atom. The highest BCUT2D eigenvalue weighted by Crippen LogP contribution is 2.22. The SMILES string of the molecule is Cc1nc(C)c(C(=O)N2CC(C)OC(CCl)C2)s1. The summed E-state index contributed by atoms with van der Waals surface area (Å²) >= 11 is 7.27. The molecule has 1 aliphatic heterocycles. The molecule has 4 nitrogen and oxygen atoms in total. The van der Waals surface area contributed by atoms with Crippen molar-refractivity contribution in [2.45, 2.75) is 33.0 Å². The number of aryl methyl sites for hydroxylation is 2. The van der Waals surface area contributed by atoms with E-state index in [4.69, 9.17) is 16.3 Å². The molecule has 1 saturated heterocycles. The minimum absolute atomic E-state index is 0.0285. The number of alkyl halides is 1. The fourth-order valence-corrected chi connectivity index (χ4v) is 3.23. The van der Waals surface area contributed by atoms with Gasteiger partial charge in [0.1, 0.15) is 4.88 Å². The number of thiazole rings is 1. The lowest BCUT2D eigenvalue weighted by molar-refractivity contribution is -0.0569. The van der Waals surface area contributed by atoms with Crippen LogP contribution < -0.4 is 0 Å². The van der Waals surface area contributed by atoms with Crippen molar-refractivity contribution in [2.24, 2.45) is 0 Å². The molecular formula is C12H17ClN2O2S. The van der Waals surface area contributed by atoms with Crippen LogP contribution in [0.15, 0.2) is 0 Å². The molecule has 6 heteroatoms. The van der Waals surface area contributed by atoms with Gasteiger partial charge in [-0.2, -0.15) is 0 Å². The quantitative estimate of drug-likeness (QED) is 0.784. The molecule has 2 heterocycles. The number of rotatable bonds is 2. The Labute approximate surface area is 116 Å². The van der Waals surface area contributed by atoms with E-state index in [1.54, 1.807) is 0 Å². The number of hydrogen-bond acceptors (Lipinski definition) is 4. The monoisotopic (exact) mass is 288 g/mol. The normalized spacial score (nSPS) is 24.3. The predicted molar refractivity (Wildman–Crippen MR) is 72.5 cm³/mol. The highest BCUT2D eigenvalue weighted by atomic mass is 35.5. The molecule has 1 aliphatic rings. The van der Waals surface area contributed by atoms with Gasteiger partial charge >= 0.3 is 0 Å². The summed E-state index contributed by atoms with van der Waals surface area (Å²) in [7, 11) is 0. The van der Waals surface area contributed by atoms with Crippen molar-refractivity contribution in [1.29, 1.82) is 0 Å². The zero-order valence-electron chi connectivity index (χ0n) is 10.8. The first-order chi connectivity index (χ1) is 8.51. The van der Waals surface area contributed by atoms with Gasteiger partial charge in [0.05, 0.1) is 28.8 Å². The molecule has 1 aromatic rings. The molecule has 0 spiro atoms. The summed E-state index contributed by atoms with van der Waals surface area (Å²) in [4.78, 5) is 19.3. The van der Waals surface area contributed by atoms with Gasteiger partial charge in [-0.1, -0.05) is 0 Å². The molecule has 1 amide bonds. The summed E-state index contributed by atoms with van der Waals surface area (Å²) in [6.07, 6.45) is -0.0468. The Bertz CT molecular complexity index is 449. The second-order valence-electron chi connectivity index (χ2n) is 4.58. The number of hydrogen-bond donors (Lipinski definition) is 0. The van der Waals surface area contributed by atoms with E-state index in [9.17, 15) is 4.79 Å². The zero-order chi connectivity index (χ0) is 13.3. The lowest BCUT2D eigenvalue weighted by atomic mass is 10.2. The Balaban J connectivity index is 2.15. The molecule has 2 atom stereocenters. The zero-order valence-corrected chi connectivity index (χ0v) is 12.3. The Morgan fingerprint density at radius 3 is 2.83 bits per heavy atom. The number of aromatic nitrogens is 1. The Hall–Kier alpha value is -0.650. The molecule has 0 radical (unpaired) electrons. The maximum Gasteiger partial charge on any atom is 0.266 e. The fraction of sp³-hybridized carbons (Fsp3) is 0.667. The number of carbonyl (C=O) groups is 1. The number of nitrogens with zero attached hydrogens (tertiary/aromatic N) is 2. The molecule has 0 bridgehead atoms. The maximum atomic E-state index is 12.4. The van der Waals surface area contributed by atoms with Gasteiger partial charge in [0.2, 0.25) is 0 Å². The second-order valence-corrected chi connectivity index (χ2v) is 6.09. The van der Waals surface area contributed by atoms with E-state index < -0.39 is 0 Å². The van der Waals surface area contributed by atoms with E-state index in [0.717, 1.165) is 15.6 Å². The minimum Gasteiger partial charge on any atom is -0.370 e. The van der Waals surface area contributed by atoms with E-state index >= 15 is 0 Å². The number of amides is 1. The van der Waals surface area contributed by atoms with Crippen LogP contribution in [0.25, 0.3) is 0 Å². The van der Waals surface area contributed by atoms with Crippen LogP contribution in [0.3, 0.4) is 0 Å².